The van der Waals surface area contributed by atoms with Gasteiger partial charge in [0, 0.05) is 16.3 Å². The van der Waals surface area contributed by atoms with Crippen molar-refractivity contribution in [1.29, 1.82) is 0 Å². The van der Waals surface area contributed by atoms with Crippen molar-refractivity contribution in [3.8, 4) is 0 Å². The van der Waals surface area contributed by atoms with E-state index in [4.69, 9.17) is 16.3 Å². The van der Waals surface area contributed by atoms with E-state index in [1.165, 1.54) is 7.11 Å². The second-order valence-electron chi connectivity index (χ2n) is 5.98. The second-order valence-corrected chi connectivity index (χ2v) is 6.42. The van der Waals surface area contributed by atoms with Crippen LogP contribution in [0.3, 0.4) is 0 Å². The standard InChI is InChI=1S/C18H21ClN2O3/c1-11-16(18(23)24-4)12(2)20-17(11)15(22)10-21(3)9-13-6-5-7-14(19)8-13/h5-8,20H,9-10H2,1-4H3/p+1. The number of aromatic amines is 1. The zero-order chi connectivity index (χ0) is 17.9. The fraction of sp³-hybridized carbons (Fsp3) is 0.333. The van der Waals surface area contributed by atoms with Crippen molar-refractivity contribution < 1.29 is 19.2 Å². The molecule has 0 spiro atoms. The molecule has 1 heterocycles. The maximum absolute atomic E-state index is 12.6. The van der Waals surface area contributed by atoms with Gasteiger partial charge < -0.3 is 14.6 Å². The maximum atomic E-state index is 12.6. The number of aryl methyl sites for hydroxylation is 1. The van der Waals surface area contributed by atoms with Gasteiger partial charge in [0.15, 0.2) is 0 Å². The highest BCUT2D eigenvalue weighted by atomic mass is 35.5. The van der Waals surface area contributed by atoms with Crippen LogP contribution in [0.2, 0.25) is 5.02 Å². The summed E-state index contributed by atoms with van der Waals surface area (Å²) in [5.74, 6) is -0.467. The lowest BCUT2D eigenvalue weighted by Crippen LogP contribution is -3.08. The lowest BCUT2D eigenvalue weighted by molar-refractivity contribution is -0.884. The van der Waals surface area contributed by atoms with Gasteiger partial charge in [0.25, 0.3) is 0 Å². The zero-order valence-corrected chi connectivity index (χ0v) is 15.1. The number of quaternary nitrogens is 1. The first-order valence-electron chi connectivity index (χ1n) is 7.70. The number of H-pyrrole nitrogens is 1. The molecule has 0 bridgehead atoms. The summed E-state index contributed by atoms with van der Waals surface area (Å²) in [6, 6.07) is 7.60. The van der Waals surface area contributed by atoms with Crippen molar-refractivity contribution in [2.24, 2.45) is 0 Å². The minimum atomic E-state index is -0.431. The fourth-order valence-corrected chi connectivity index (χ4v) is 3.07. The van der Waals surface area contributed by atoms with Crippen LogP contribution in [0.5, 0.6) is 0 Å². The molecular formula is C18H22ClN2O3+. The van der Waals surface area contributed by atoms with Crippen LogP contribution in [-0.4, -0.2) is 37.4 Å². The average molecular weight is 350 g/mol. The van der Waals surface area contributed by atoms with Gasteiger partial charge in [-0.25, -0.2) is 4.79 Å². The molecule has 2 aromatic rings. The highest BCUT2D eigenvalue weighted by Crippen LogP contribution is 2.19. The molecule has 1 atom stereocenters. The first-order chi connectivity index (χ1) is 11.3. The van der Waals surface area contributed by atoms with E-state index in [1.54, 1.807) is 13.8 Å². The highest BCUT2D eigenvalue weighted by molar-refractivity contribution is 6.30. The van der Waals surface area contributed by atoms with Gasteiger partial charge in [0.1, 0.15) is 13.1 Å². The summed E-state index contributed by atoms with van der Waals surface area (Å²) in [5, 5.41) is 0.685. The third-order valence-corrected chi connectivity index (χ3v) is 4.20. The molecule has 2 N–H and O–H groups in total. The van der Waals surface area contributed by atoms with Gasteiger partial charge in [-0.05, 0) is 31.5 Å². The maximum Gasteiger partial charge on any atom is 0.339 e. The Morgan fingerprint density at radius 2 is 2.00 bits per heavy atom. The average Bonchev–Trinajstić information content (AvgIpc) is 2.81. The number of benzene rings is 1. The Morgan fingerprint density at radius 3 is 2.62 bits per heavy atom. The molecule has 1 aromatic carbocycles. The van der Waals surface area contributed by atoms with E-state index in [2.05, 4.69) is 4.98 Å². The van der Waals surface area contributed by atoms with Crippen LogP contribution in [0.25, 0.3) is 0 Å². The number of carbonyl (C=O) groups excluding carboxylic acids is 2. The molecule has 0 radical (unpaired) electrons. The molecule has 6 heteroatoms. The number of halogens is 1. The van der Waals surface area contributed by atoms with E-state index >= 15 is 0 Å². The van der Waals surface area contributed by atoms with E-state index < -0.39 is 5.97 Å². The summed E-state index contributed by atoms with van der Waals surface area (Å²) in [6.07, 6.45) is 0. The Hall–Kier alpha value is -2.11. The summed E-state index contributed by atoms with van der Waals surface area (Å²) in [5.41, 5.74) is 3.27. The van der Waals surface area contributed by atoms with Crippen molar-refractivity contribution in [2.45, 2.75) is 20.4 Å². The van der Waals surface area contributed by atoms with Gasteiger partial charge in [0.2, 0.25) is 5.78 Å². The normalized spacial score (nSPS) is 12.0. The molecule has 0 saturated carbocycles. The number of carbonyl (C=O) groups is 2. The van der Waals surface area contributed by atoms with Crippen molar-refractivity contribution in [1.82, 2.24) is 4.98 Å². The van der Waals surface area contributed by atoms with Crippen LogP contribution in [0, 0.1) is 13.8 Å². The number of rotatable bonds is 6. The molecule has 0 aliphatic carbocycles. The molecular weight excluding hydrogens is 328 g/mol. The van der Waals surface area contributed by atoms with Crippen molar-refractivity contribution >= 4 is 23.4 Å². The second kappa shape index (κ2) is 7.64. The third-order valence-electron chi connectivity index (χ3n) is 3.96. The molecule has 0 aliphatic rings. The molecule has 1 aromatic heterocycles. The quantitative estimate of drug-likeness (QED) is 0.619. The van der Waals surface area contributed by atoms with Crippen molar-refractivity contribution in [3.63, 3.8) is 0 Å². The number of ether oxygens (including phenoxy) is 1. The number of methoxy groups -OCH3 is 1. The largest absolute Gasteiger partial charge is 0.465 e. The molecule has 0 amide bonds. The molecule has 24 heavy (non-hydrogen) atoms. The lowest BCUT2D eigenvalue weighted by Gasteiger charge is -2.13. The SMILES string of the molecule is COC(=O)c1c(C)[nH]c(C(=O)C[NH+](C)Cc2cccc(Cl)c2)c1C. The topological polar surface area (TPSA) is 63.6 Å². The number of hydrogen-bond donors (Lipinski definition) is 2. The molecule has 0 aliphatic heterocycles. The van der Waals surface area contributed by atoms with Crippen molar-refractivity contribution in [3.05, 3.63) is 57.4 Å². The summed E-state index contributed by atoms with van der Waals surface area (Å²) >= 11 is 5.99. The van der Waals surface area contributed by atoms with Gasteiger partial charge >= 0.3 is 5.97 Å². The smallest absolute Gasteiger partial charge is 0.339 e. The summed E-state index contributed by atoms with van der Waals surface area (Å²) in [4.78, 5) is 28.5. The fourth-order valence-electron chi connectivity index (χ4n) is 2.86. The molecule has 0 fully saturated rings. The molecule has 5 nitrogen and oxygen atoms in total. The Morgan fingerprint density at radius 1 is 1.29 bits per heavy atom. The van der Waals surface area contributed by atoms with Crippen LogP contribution in [0.4, 0.5) is 0 Å². The van der Waals surface area contributed by atoms with Gasteiger partial charge in [-0.1, -0.05) is 23.7 Å². The molecule has 1 unspecified atom stereocenters. The van der Waals surface area contributed by atoms with Gasteiger partial charge in [-0.3, -0.25) is 4.79 Å². The van der Waals surface area contributed by atoms with Crippen molar-refractivity contribution in [2.75, 3.05) is 20.7 Å². The van der Waals surface area contributed by atoms with E-state index in [-0.39, 0.29) is 5.78 Å². The first kappa shape index (κ1) is 18.2. The van der Waals surface area contributed by atoms with Crippen LogP contribution in [-0.2, 0) is 11.3 Å². The lowest BCUT2D eigenvalue weighted by atomic mass is 10.1. The van der Waals surface area contributed by atoms with Gasteiger partial charge in [-0.15, -0.1) is 0 Å². The number of esters is 1. The highest BCUT2D eigenvalue weighted by Gasteiger charge is 2.24. The van der Waals surface area contributed by atoms with E-state index in [0.717, 1.165) is 10.5 Å². The number of likely N-dealkylation sites (N-methyl/N-ethyl adjacent to an activating group) is 1. The predicted octanol–water partition coefficient (Wildman–Crippen LogP) is 1.97. The zero-order valence-electron chi connectivity index (χ0n) is 14.3. The van der Waals surface area contributed by atoms with Crippen LogP contribution < -0.4 is 4.90 Å². The molecule has 0 saturated heterocycles. The Kier molecular flexibility index (Phi) is 5.80. The Bertz CT molecular complexity index is 768. The van der Waals surface area contributed by atoms with Crippen LogP contribution in [0.1, 0.15) is 37.7 Å². The number of hydrogen-bond acceptors (Lipinski definition) is 3. The number of nitrogens with one attached hydrogen (secondary N) is 2. The molecule has 2 rings (SSSR count). The predicted molar refractivity (Wildman–Crippen MR) is 92.8 cm³/mol. The third kappa shape index (κ3) is 4.04. The Balaban J connectivity index is 2.11. The number of Topliss-reactive ketones (excluding diaryl/α,β-unsaturated/α-hetero) is 1. The van der Waals surface area contributed by atoms with Gasteiger partial charge in [0.05, 0.1) is 25.4 Å². The summed E-state index contributed by atoms with van der Waals surface area (Å²) in [7, 11) is 3.28. The summed E-state index contributed by atoms with van der Waals surface area (Å²) in [6.45, 7) is 4.52. The minimum absolute atomic E-state index is 0.0368. The number of aromatic nitrogens is 1. The minimum Gasteiger partial charge on any atom is -0.465 e. The van der Waals surface area contributed by atoms with E-state index in [9.17, 15) is 9.59 Å². The number of ketones is 1. The molecule has 128 valence electrons. The van der Waals surface area contributed by atoms with E-state index in [1.807, 2.05) is 31.3 Å². The van der Waals surface area contributed by atoms with E-state index in [0.29, 0.717) is 40.6 Å². The van der Waals surface area contributed by atoms with Crippen LogP contribution in [0.15, 0.2) is 24.3 Å². The first-order valence-corrected chi connectivity index (χ1v) is 8.07. The Labute approximate surface area is 146 Å². The van der Waals surface area contributed by atoms with Crippen LogP contribution >= 0.6 is 11.6 Å². The monoisotopic (exact) mass is 349 g/mol. The van der Waals surface area contributed by atoms with Gasteiger partial charge in [-0.2, -0.15) is 0 Å². The summed E-state index contributed by atoms with van der Waals surface area (Å²) < 4.78 is 4.77.